The SMILES string of the molecule is CCNC(C)CCC1Cc2cc(F)ccc2O1. The summed E-state index contributed by atoms with van der Waals surface area (Å²) < 4.78 is 18.8. The maximum Gasteiger partial charge on any atom is 0.123 e. The number of hydrogen-bond donors (Lipinski definition) is 1. The Kier molecular flexibility index (Phi) is 4.00. The van der Waals surface area contributed by atoms with Crippen LogP contribution in [0.4, 0.5) is 4.39 Å². The first-order valence-electron chi connectivity index (χ1n) is 6.37. The van der Waals surface area contributed by atoms with Gasteiger partial charge in [0.1, 0.15) is 17.7 Å². The van der Waals surface area contributed by atoms with Gasteiger partial charge in [0, 0.05) is 18.0 Å². The second-order valence-corrected chi connectivity index (χ2v) is 4.73. The number of benzene rings is 1. The van der Waals surface area contributed by atoms with Crippen molar-refractivity contribution in [2.45, 2.75) is 45.3 Å². The van der Waals surface area contributed by atoms with Gasteiger partial charge in [0.25, 0.3) is 0 Å². The minimum Gasteiger partial charge on any atom is -0.490 e. The molecule has 0 saturated heterocycles. The lowest BCUT2D eigenvalue weighted by molar-refractivity contribution is 0.212. The maximum absolute atomic E-state index is 13.0. The molecule has 0 radical (unpaired) electrons. The fraction of sp³-hybridized carbons (Fsp3) is 0.571. The second-order valence-electron chi connectivity index (χ2n) is 4.73. The Morgan fingerprint density at radius 1 is 1.53 bits per heavy atom. The Bertz CT molecular complexity index is 380. The van der Waals surface area contributed by atoms with Crippen LogP contribution in [0.15, 0.2) is 18.2 Å². The molecule has 0 amide bonds. The number of halogens is 1. The highest BCUT2D eigenvalue weighted by atomic mass is 19.1. The van der Waals surface area contributed by atoms with Crippen molar-refractivity contribution in [2.24, 2.45) is 0 Å². The summed E-state index contributed by atoms with van der Waals surface area (Å²) in [5, 5.41) is 3.38. The Balaban J connectivity index is 1.84. The molecular formula is C14H20FNO. The Morgan fingerprint density at radius 3 is 3.12 bits per heavy atom. The first-order chi connectivity index (χ1) is 8.19. The molecule has 0 fully saturated rings. The topological polar surface area (TPSA) is 21.3 Å². The molecule has 1 aromatic carbocycles. The van der Waals surface area contributed by atoms with E-state index in [9.17, 15) is 4.39 Å². The smallest absolute Gasteiger partial charge is 0.123 e. The van der Waals surface area contributed by atoms with Crippen molar-refractivity contribution in [2.75, 3.05) is 6.54 Å². The predicted octanol–water partition coefficient (Wildman–Crippen LogP) is 2.91. The van der Waals surface area contributed by atoms with Gasteiger partial charge >= 0.3 is 0 Å². The zero-order valence-corrected chi connectivity index (χ0v) is 10.5. The van der Waals surface area contributed by atoms with Crippen LogP contribution >= 0.6 is 0 Å². The molecule has 1 heterocycles. The lowest BCUT2D eigenvalue weighted by atomic mass is 10.0. The minimum absolute atomic E-state index is 0.172. The highest BCUT2D eigenvalue weighted by Crippen LogP contribution is 2.31. The largest absolute Gasteiger partial charge is 0.490 e. The van der Waals surface area contributed by atoms with Gasteiger partial charge in [-0.25, -0.2) is 4.39 Å². The van der Waals surface area contributed by atoms with Crippen molar-refractivity contribution in [1.29, 1.82) is 0 Å². The van der Waals surface area contributed by atoms with Gasteiger partial charge < -0.3 is 10.1 Å². The van der Waals surface area contributed by atoms with E-state index in [0.29, 0.717) is 6.04 Å². The lowest BCUT2D eigenvalue weighted by Gasteiger charge is -2.15. The summed E-state index contributed by atoms with van der Waals surface area (Å²) in [5.74, 6) is 0.682. The third kappa shape index (κ3) is 3.19. The van der Waals surface area contributed by atoms with Gasteiger partial charge in [0.2, 0.25) is 0 Å². The van der Waals surface area contributed by atoms with Crippen LogP contribution in [0, 0.1) is 5.82 Å². The van der Waals surface area contributed by atoms with E-state index in [-0.39, 0.29) is 11.9 Å². The molecule has 1 aliphatic heterocycles. The summed E-state index contributed by atoms with van der Waals surface area (Å²) in [6.07, 6.45) is 3.17. The molecule has 2 unspecified atom stereocenters. The molecule has 1 aliphatic rings. The quantitative estimate of drug-likeness (QED) is 0.850. The van der Waals surface area contributed by atoms with E-state index >= 15 is 0 Å². The molecule has 3 heteroatoms. The summed E-state index contributed by atoms with van der Waals surface area (Å²) in [5.41, 5.74) is 1.01. The van der Waals surface area contributed by atoms with Gasteiger partial charge in [-0.1, -0.05) is 6.92 Å². The van der Waals surface area contributed by atoms with Crippen LogP contribution in [0.2, 0.25) is 0 Å². The highest BCUT2D eigenvalue weighted by Gasteiger charge is 2.23. The molecular weight excluding hydrogens is 217 g/mol. The number of rotatable bonds is 5. The molecule has 17 heavy (non-hydrogen) atoms. The Morgan fingerprint density at radius 2 is 2.35 bits per heavy atom. The molecule has 0 aliphatic carbocycles. The lowest BCUT2D eigenvalue weighted by Crippen LogP contribution is -2.27. The van der Waals surface area contributed by atoms with Crippen molar-refractivity contribution >= 4 is 0 Å². The number of hydrogen-bond acceptors (Lipinski definition) is 2. The van der Waals surface area contributed by atoms with Crippen LogP contribution in [-0.2, 0) is 6.42 Å². The van der Waals surface area contributed by atoms with Gasteiger partial charge in [-0.2, -0.15) is 0 Å². The molecule has 2 atom stereocenters. The Hall–Kier alpha value is -1.09. The fourth-order valence-electron chi connectivity index (χ4n) is 2.34. The zero-order valence-electron chi connectivity index (χ0n) is 10.5. The van der Waals surface area contributed by atoms with E-state index in [1.54, 1.807) is 12.1 Å². The van der Waals surface area contributed by atoms with E-state index in [1.807, 2.05) is 0 Å². The van der Waals surface area contributed by atoms with E-state index in [4.69, 9.17) is 4.74 Å². The molecule has 2 rings (SSSR count). The predicted molar refractivity (Wildman–Crippen MR) is 66.9 cm³/mol. The molecule has 2 nitrogen and oxygen atoms in total. The fourth-order valence-corrected chi connectivity index (χ4v) is 2.34. The number of nitrogens with one attached hydrogen (secondary N) is 1. The Labute approximate surface area is 102 Å². The van der Waals surface area contributed by atoms with E-state index in [2.05, 4.69) is 19.2 Å². The zero-order chi connectivity index (χ0) is 12.3. The highest BCUT2D eigenvalue weighted by molar-refractivity contribution is 5.37. The van der Waals surface area contributed by atoms with Gasteiger partial charge in [-0.05, 0) is 44.5 Å². The third-order valence-electron chi connectivity index (χ3n) is 3.24. The van der Waals surface area contributed by atoms with Crippen LogP contribution in [0.1, 0.15) is 32.3 Å². The summed E-state index contributed by atoms with van der Waals surface area (Å²) in [6, 6.07) is 5.30. The first-order valence-corrected chi connectivity index (χ1v) is 6.37. The molecule has 0 bridgehead atoms. The summed E-state index contributed by atoms with van der Waals surface area (Å²) >= 11 is 0. The van der Waals surface area contributed by atoms with Gasteiger partial charge in [0.15, 0.2) is 0 Å². The van der Waals surface area contributed by atoms with Crippen molar-refractivity contribution in [3.05, 3.63) is 29.6 Å². The summed E-state index contributed by atoms with van der Waals surface area (Å²) in [4.78, 5) is 0. The van der Waals surface area contributed by atoms with Crippen molar-refractivity contribution < 1.29 is 9.13 Å². The minimum atomic E-state index is -0.172. The maximum atomic E-state index is 13.0. The third-order valence-corrected chi connectivity index (χ3v) is 3.24. The van der Waals surface area contributed by atoms with Crippen molar-refractivity contribution in [3.63, 3.8) is 0 Å². The number of fused-ring (bicyclic) bond motifs is 1. The second kappa shape index (κ2) is 5.50. The summed E-state index contributed by atoms with van der Waals surface area (Å²) in [6.45, 7) is 5.30. The molecule has 94 valence electrons. The van der Waals surface area contributed by atoms with E-state index < -0.39 is 0 Å². The molecule has 0 saturated carbocycles. The van der Waals surface area contributed by atoms with Crippen molar-refractivity contribution in [1.82, 2.24) is 5.32 Å². The summed E-state index contributed by atoms with van der Waals surface area (Å²) in [7, 11) is 0. The molecule has 0 spiro atoms. The molecule has 1 N–H and O–H groups in total. The average molecular weight is 237 g/mol. The van der Waals surface area contributed by atoms with Gasteiger partial charge in [-0.3, -0.25) is 0 Å². The van der Waals surface area contributed by atoms with E-state index in [1.165, 1.54) is 6.07 Å². The van der Waals surface area contributed by atoms with Crippen LogP contribution < -0.4 is 10.1 Å². The van der Waals surface area contributed by atoms with Crippen molar-refractivity contribution in [3.8, 4) is 5.75 Å². The van der Waals surface area contributed by atoms with Crippen LogP contribution in [0.5, 0.6) is 5.75 Å². The average Bonchev–Trinajstić information content (AvgIpc) is 2.68. The van der Waals surface area contributed by atoms with Crippen LogP contribution in [0.25, 0.3) is 0 Å². The normalized spacial score (nSPS) is 19.8. The molecule has 0 aromatic heterocycles. The van der Waals surface area contributed by atoms with Gasteiger partial charge in [0.05, 0.1) is 0 Å². The van der Waals surface area contributed by atoms with E-state index in [0.717, 1.165) is 37.1 Å². The monoisotopic (exact) mass is 237 g/mol. The molecule has 1 aromatic rings. The first kappa shape index (κ1) is 12.4. The number of ether oxygens (including phenoxy) is 1. The standard InChI is InChI=1S/C14H20FNO/c1-3-16-10(2)4-6-13-9-11-8-12(15)5-7-14(11)17-13/h5,7-8,10,13,16H,3-4,6,9H2,1-2H3. The van der Waals surface area contributed by atoms with Crippen LogP contribution in [0.3, 0.4) is 0 Å². The van der Waals surface area contributed by atoms with Crippen LogP contribution in [-0.4, -0.2) is 18.7 Å². The van der Waals surface area contributed by atoms with Gasteiger partial charge in [-0.15, -0.1) is 0 Å².